The number of aryl methyl sites for hydroxylation is 1. The van der Waals surface area contributed by atoms with Crippen molar-refractivity contribution in [1.29, 1.82) is 5.26 Å². The lowest BCUT2D eigenvalue weighted by Gasteiger charge is -2.32. The summed E-state index contributed by atoms with van der Waals surface area (Å²) in [6.45, 7) is 7.58. The number of nitrogens with one attached hydrogen (secondary N) is 2. The summed E-state index contributed by atoms with van der Waals surface area (Å²) in [7, 11) is 0. The van der Waals surface area contributed by atoms with Crippen LogP contribution in [-0.2, 0) is 4.79 Å². The predicted molar refractivity (Wildman–Crippen MR) is 148 cm³/mol. The number of rotatable bonds is 5. The fourth-order valence-electron chi connectivity index (χ4n) is 5.55. The maximum absolute atomic E-state index is 15.6. The molecule has 0 aliphatic carbocycles. The van der Waals surface area contributed by atoms with Crippen LogP contribution < -0.4 is 10.9 Å². The lowest BCUT2D eigenvalue weighted by Crippen LogP contribution is -2.43. The minimum absolute atomic E-state index is 0.0840. The van der Waals surface area contributed by atoms with E-state index in [4.69, 9.17) is 23.2 Å². The van der Waals surface area contributed by atoms with Crippen molar-refractivity contribution in [3.05, 3.63) is 97.4 Å². The number of nitriles is 1. The average molecular weight is 573 g/mol. The van der Waals surface area contributed by atoms with E-state index < -0.39 is 47.0 Å². The van der Waals surface area contributed by atoms with Crippen molar-refractivity contribution in [2.24, 2.45) is 5.41 Å². The number of pyridine rings is 1. The fraction of sp³-hybridized carbons (Fsp3) is 0.345. The first-order valence-electron chi connectivity index (χ1n) is 12.4. The van der Waals surface area contributed by atoms with Crippen LogP contribution in [0.15, 0.2) is 53.3 Å². The number of H-pyrrole nitrogens is 1. The number of benzene rings is 2. The van der Waals surface area contributed by atoms with Crippen molar-refractivity contribution >= 4 is 34.8 Å². The number of anilines is 1. The van der Waals surface area contributed by atoms with Gasteiger partial charge in [0.1, 0.15) is 17.7 Å². The number of aromatic amines is 1. The molecule has 4 rings (SSSR count). The van der Waals surface area contributed by atoms with Crippen molar-refractivity contribution in [3.63, 3.8) is 0 Å². The smallest absolute Gasteiger partial charge is 0.250 e. The van der Waals surface area contributed by atoms with Gasteiger partial charge in [-0.15, -0.1) is 0 Å². The van der Waals surface area contributed by atoms with Crippen LogP contribution in [0.5, 0.6) is 0 Å². The largest absolute Gasteiger partial charge is 0.326 e. The van der Waals surface area contributed by atoms with Crippen molar-refractivity contribution < 1.29 is 13.6 Å². The highest BCUT2D eigenvalue weighted by molar-refractivity contribution is 6.31. The Balaban J connectivity index is 1.96. The lowest BCUT2D eigenvalue weighted by molar-refractivity contribution is -0.120. The second-order valence-electron chi connectivity index (χ2n) is 11.1. The number of carbonyl (C=O) groups excluding carboxylic acids is 1. The van der Waals surface area contributed by atoms with Crippen molar-refractivity contribution in [2.45, 2.75) is 58.0 Å². The van der Waals surface area contributed by atoms with Crippen LogP contribution >= 0.6 is 23.2 Å². The van der Waals surface area contributed by atoms with Crippen molar-refractivity contribution in [3.8, 4) is 6.19 Å². The van der Waals surface area contributed by atoms with E-state index in [1.54, 1.807) is 19.1 Å². The molecule has 1 fully saturated rings. The van der Waals surface area contributed by atoms with Gasteiger partial charge in [-0.05, 0) is 54.2 Å². The maximum atomic E-state index is 15.6. The Morgan fingerprint density at radius 2 is 1.82 bits per heavy atom. The summed E-state index contributed by atoms with van der Waals surface area (Å²) in [5.74, 6) is -3.83. The minimum Gasteiger partial charge on any atom is -0.326 e. The first kappa shape index (κ1) is 28.6. The zero-order valence-electron chi connectivity index (χ0n) is 21.9. The standard InChI is InChI=1S/C29H28Cl2F2N4O2/c1-15-10-17(12-23(38)35-15)36-28(39)27-25(19-6-5-7-20(31)26(19)33)24(18-9-8-16(30)11-21(18)32)22(37(27)14-34)13-29(2,3)4/h5-12,22,24-25,27H,13H2,1-4H3,(H2,35,36,38,39)/t22-,24-,25-,27-/m1/s1. The van der Waals surface area contributed by atoms with E-state index in [-0.39, 0.29) is 32.3 Å². The lowest BCUT2D eigenvalue weighted by atomic mass is 9.73. The minimum atomic E-state index is -1.24. The van der Waals surface area contributed by atoms with Gasteiger partial charge < -0.3 is 10.3 Å². The van der Waals surface area contributed by atoms with Crippen LogP contribution in [-0.4, -0.2) is 27.9 Å². The van der Waals surface area contributed by atoms with E-state index in [1.165, 1.54) is 41.3 Å². The molecule has 1 aromatic heterocycles. The molecule has 6 nitrogen and oxygen atoms in total. The molecular weight excluding hydrogens is 545 g/mol. The van der Waals surface area contributed by atoms with Gasteiger partial charge in [-0.25, -0.2) is 8.78 Å². The topological polar surface area (TPSA) is 89.0 Å². The van der Waals surface area contributed by atoms with Crippen LogP contribution in [0.3, 0.4) is 0 Å². The Kier molecular flexibility index (Phi) is 8.06. The molecule has 0 spiro atoms. The van der Waals surface area contributed by atoms with E-state index in [0.29, 0.717) is 12.1 Å². The molecule has 1 aliphatic rings. The summed E-state index contributed by atoms with van der Waals surface area (Å²) in [5.41, 5.74) is 0.274. The van der Waals surface area contributed by atoms with Gasteiger partial charge in [0.2, 0.25) is 11.5 Å². The van der Waals surface area contributed by atoms with E-state index in [9.17, 15) is 14.9 Å². The second kappa shape index (κ2) is 11.0. The Morgan fingerprint density at radius 1 is 1.10 bits per heavy atom. The number of amides is 1. The van der Waals surface area contributed by atoms with Crippen molar-refractivity contribution in [1.82, 2.24) is 9.88 Å². The molecule has 204 valence electrons. The summed E-state index contributed by atoms with van der Waals surface area (Å²) in [6.07, 6.45) is 2.53. The maximum Gasteiger partial charge on any atom is 0.250 e. The molecule has 0 radical (unpaired) electrons. The van der Waals surface area contributed by atoms with Gasteiger partial charge in [0.25, 0.3) is 0 Å². The zero-order valence-corrected chi connectivity index (χ0v) is 23.4. The highest BCUT2D eigenvalue weighted by Crippen LogP contribution is 2.52. The highest BCUT2D eigenvalue weighted by atomic mass is 35.5. The van der Waals surface area contributed by atoms with E-state index >= 15 is 8.78 Å². The zero-order chi connectivity index (χ0) is 28.6. The number of nitrogens with zero attached hydrogens (tertiary/aromatic N) is 2. The van der Waals surface area contributed by atoms with Gasteiger partial charge in [-0.1, -0.05) is 62.2 Å². The van der Waals surface area contributed by atoms with Crippen LogP contribution in [0, 0.1) is 35.4 Å². The highest BCUT2D eigenvalue weighted by Gasteiger charge is 2.55. The predicted octanol–water partition coefficient (Wildman–Crippen LogP) is 6.74. The Morgan fingerprint density at radius 3 is 2.44 bits per heavy atom. The van der Waals surface area contributed by atoms with Gasteiger partial charge >= 0.3 is 0 Å². The van der Waals surface area contributed by atoms with Crippen LogP contribution in [0.4, 0.5) is 14.5 Å². The van der Waals surface area contributed by atoms with Crippen LogP contribution in [0.2, 0.25) is 10.0 Å². The number of hydrogen-bond acceptors (Lipinski definition) is 4. The third-order valence-corrected chi connectivity index (χ3v) is 7.44. The second-order valence-corrected chi connectivity index (χ2v) is 11.9. The molecule has 1 aliphatic heterocycles. The number of likely N-dealkylation sites (tertiary alicyclic amines) is 1. The molecule has 0 saturated carbocycles. The molecule has 3 aromatic rings. The summed E-state index contributed by atoms with van der Waals surface area (Å²) in [6, 6.07) is 9.53. The van der Waals surface area contributed by atoms with Gasteiger partial charge in [-0.2, -0.15) is 5.26 Å². The molecule has 1 amide bonds. The molecule has 4 atom stereocenters. The molecule has 0 bridgehead atoms. The average Bonchev–Trinajstić information content (AvgIpc) is 3.12. The third kappa shape index (κ3) is 5.95. The first-order chi connectivity index (χ1) is 18.3. The van der Waals surface area contributed by atoms with E-state index in [0.717, 1.165) is 0 Å². The fourth-order valence-corrected chi connectivity index (χ4v) is 5.89. The number of hydrogen-bond donors (Lipinski definition) is 2. The number of carbonyl (C=O) groups is 1. The quantitative estimate of drug-likeness (QED) is 0.331. The summed E-state index contributed by atoms with van der Waals surface area (Å²) < 4.78 is 31.2. The van der Waals surface area contributed by atoms with Crippen LogP contribution in [0.25, 0.3) is 0 Å². The Labute approximate surface area is 235 Å². The van der Waals surface area contributed by atoms with Gasteiger partial charge in [0.05, 0.1) is 5.02 Å². The Bertz CT molecular complexity index is 1510. The summed E-state index contributed by atoms with van der Waals surface area (Å²) in [5, 5.41) is 13.1. The van der Waals surface area contributed by atoms with Crippen molar-refractivity contribution in [2.75, 3.05) is 5.32 Å². The molecule has 39 heavy (non-hydrogen) atoms. The monoisotopic (exact) mass is 572 g/mol. The van der Waals surface area contributed by atoms with Gasteiger partial charge in [0.15, 0.2) is 6.19 Å². The summed E-state index contributed by atoms with van der Waals surface area (Å²) >= 11 is 12.2. The third-order valence-electron chi connectivity index (χ3n) is 6.91. The summed E-state index contributed by atoms with van der Waals surface area (Å²) in [4.78, 5) is 29.9. The van der Waals surface area contributed by atoms with Gasteiger partial charge in [-0.3, -0.25) is 14.5 Å². The molecule has 10 heteroatoms. The van der Waals surface area contributed by atoms with Gasteiger partial charge in [0, 0.05) is 40.3 Å². The Hall–Kier alpha value is -3.41. The van der Waals surface area contributed by atoms with E-state index in [1.807, 2.05) is 20.8 Å². The van der Waals surface area contributed by atoms with Crippen LogP contribution in [0.1, 0.15) is 55.8 Å². The molecule has 2 N–H and O–H groups in total. The normalized spacial score (nSPS) is 21.1. The molecular formula is C29H28Cl2F2N4O2. The first-order valence-corrected chi connectivity index (χ1v) is 13.1. The number of halogens is 4. The molecule has 0 unspecified atom stereocenters. The van der Waals surface area contributed by atoms with E-state index in [2.05, 4.69) is 16.5 Å². The number of aromatic nitrogens is 1. The molecule has 2 heterocycles. The molecule has 2 aromatic carbocycles. The SMILES string of the molecule is Cc1cc(NC(=O)[C@H]2[C@H](c3cccc(Cl)c3F)[C@H](c3ccc(Cl)cc3F)[C@@H](CC(C)(C)C)N2C#N)cc(=O)[nH]1. The molecule has 1 saturated heterocycles.